The van der Waals surface area contributed by atoms with E-state index in [2.05, 4.69) is 29.2 Å². The van der Waals surface area contributed by atoms with Gasteiger partial charge in [0.15, 0.2) is 0 Å². The number of nitrogens with zero attached hydrogens (tertiary/aromatic N) is 1. The second-order valence-corrected chi connectivity index (χ2v) is 4.78. The molecular formula is C14H19NO. The van der Waals surface area contributed by atoms with Crippen molar-refractivity contribution in [2.75, 3.05) is 13.1 Å². The second kappa shape index (κ2) is 5.26. The molecule has 0 aromatic heterocycles. The standard InChI is InChI=1S/C14H19NO/c1-12(16)9-14-7-8-15(11-14)10-13-5-3-2-4-6-13/h2-6,14H,7-11H2,1H3/t14-/m1/s1. The van der Waals surface area contributed by atoms with E-state index in [-0.39, 0.29) is 0 Å². The normalized spacial score (nSPS) is 21.2. The van der Waals surface area contributed by atoms with E-state index in [0.717, 1.165) is 26.1 Å². The molecule has 0 saturated carbocycles. The van der Waals surface area contributed by atoms with Crippen LogP contribution in [0, 0.1) is 5.92 Å². The first-order valence-corrected chi connectivity index (χ1v) is 6.00. The first-order chi connectivity index (χ1) is 7.74. The lowest BCUT2D eigenvalue weighted by Crippen LogP contribution is -2.20. The van der Waals surface area contributed by atoms with Gasteiger partial charge in [-0.05, 0) is 31.4 Å². The minimum Gasteiger partial charge on any atom is -0.300 e. The monoisotopic (exact) mass is 217 g/mol. The van der Waals surface area contributed by atoms with Crippen molar-refractivity contribution in [3.8, 4) is 0 Å². The fourth-order valence-electron chi connectivity index (χ4n) is 2.47. The summed E-state index contributed by atoms with van der Waals surface area (Å²) in [6.45, 7) is 4.93. The van der Waals surface area contributed by atoms with Crippen LogP contribution in [0.4, 0.5) is 0 Å². The number of ketones is 1. The Morgan fingerprint density at radius 1 is 1.38 bits per heavy atom. The highest BCUT2D eigenvalue weighted by atomic mass is 16.1. The first kappa shape index (κ1) is 11.3. The van der Waals surface area contributed by atoms with Gasteiger partial charge in [0, 0.05) is 19.5 Å². The lowest BCUT2D eigenvalue weighted by molar-refractivity contribution is -0.117. The molecule has 1 aliphatic heterocycles. The van der Waals surface area contributed by atoms with Crippen molar-refractivity contribution in [3.63, 3.8) is 0 Å². The highest BCUT2D eigenvalue weighted by Gasteiger charge is 2.23. The molecule has 0 spiro atoms. The van der Waals surface area contributed by atoms with Crippen LogP contribution in [-0.2, 0) is 11.3 Å². The summed E-state index contributed by atoms with van der Waals surface area (Å²) in [5.74, 6) is 0.910. The SMILES string of the molecule is CC(=O)C[C@H]1CCN(Cc2ccccc2)C1. The number of Topliss-reactive ketones (excluding diaryl/α,β-unsaturated/α-hetero) is 1. The van der Waals surface area contributed by atoms with Gasteiger partial charge < -0.3 is 4.79 Å². The summed E-state index contributed by atoms with van der Waals surface area (Å²) in [4.78, 5) is 13.5. The van der Waals surface area contributed by atoms with E-state index in [0.29, 0.717) is 11.7 Å². The molecule has 1 heterocycles. The summed E-state index contributed by atoms with van der Waals surface area (Å²) in [6, 6.07) is 10.5. The molecule has 1 aromatic carbocycles. The molecule has 2 rings (SSSR count). The third-order valence-electron chi connectivity index (χ3n) is 3.20. The van der Waals surface area contributed by atoms with Crippen LogP contribution in [0.5, 0.6) is 0 Å². The molecule has 1 aromatic rings. The maximum Gasteiger partial charge on any atom is 0.130 e. The van der Waals surface area contributed by atoms with Gasteiger partial charge in [-0.3, -0.25) is 4.90 Å². The number of carbonyl (C=O) groups is 1. The van der Waals surface area contributed by atoms with E-state index >= 15 is 0 Å². The maximum absolute atomic E-state index is 11.0. The van der Waals surface area contributed by atoms with Gasteiger partial charge in [0.25, 0.3) is 0 Å². The van der Waals surface area contributed by atoms with Crippen LogP contribution in [0.25, 0.3) is 0 Å². The third-order valence-corrected chi connectivity index (χ3v) is 3.20. The van der Waals surface area contributed by atoms with Crippen molar-refractivity contribution in [1.29, 1.82) is 0 Å². The number of hydrogen-bond donors (Lipinski definition) is 0. The molecule has 86 valence electrons. The van der Waals surface area contributed by atoms with Crippen LogP contribution >= 0.6 is 0 Å². The summed E-state index contributed by atoms with van der Waals surface area (Å²) in [5.41, 5.74) is 1.37. The summed E-state index contributed by atoms with van der Waals surface area (Å²) >= 11 is 0. The Morgan fingerprint density at radius 2 is 2.12 bits per heavy atom. The van der Waals surface area contributed by atoms with Gasteiger partial charge in [-0.15, -0.1) is 0 Å². The van der Waals surface area contributed by atoms with E-state index in [9.17, 15) is 4.79 Å². The summed E-state index contributed by atoms with van der Waals surface area (Å²) < 4.78 is 0. The molecule has 1 atom stereocenters. The fourth-order valence-corrected chi connectivity index (χ4v) is 2.47. The predicted octanol–water partition coefficient (Wildman–Crippen LogP) is 2.49. The quantitative estimate of drug-likeness (QED) is 0.772. The zero-order valence-electron chi connectivity index (χ0n) is 9.86. The molecule has 2 nitrogen and oxygen atoms in total. The van der Waals surface area contributed by atoms with Crippen molar-refractivity contribution in [1.82, 2.24) is 4.90 Å². The van der Waals surface area contributed by atoms with Crippen LogP contribution in [0.2, 0.25) is 0 Å². The van der Waals surface area contributed by atoms with E-state index in [4.69, 9.17) is 0 Å². The van der Waals surface area contributed by atoms with Gasteiger partial charge in [-0.1, -0.05) is 30.3 Å². The average Bonchev–Trinajstić information content (AvgIpc) is 2.66. The van der Waals surface area contributed by atoms with Gasteiger partial charge in [-0.2, -0.15) is 0 Å². The Morgan fingerprint density at radius 3 is 2.81 bits per heavy atom. The molecule has 16 heavy (non-hydrogen) atoms. The Labute approximate surface area is 97.3 Å². The van der Waals surface area contributed by atoms with Crippen molar-refractivity contribution < 1.29 is 4.79 Å². The lowest BCUT2D eigenvalue weighted by atomic mass is 10.0. The van der Waals surface area contributed by atoms with E-state index in [1.54, 1.807) is 6.92 Å². The van der Waals surface area contributed by atoms with Crippen molar-refractivity contribution in [3.05, 3.63) is 35.9 Å². The lowest BCUT2D eigenvalue weighted by Gasteiger charge is -2.15. The van der Waals surface area contributed by atoms with Gasteiger partial charge >= 0.3 is 0 Å². The predicted molar refractivity (Wildman–Crippen MR) is 65.1 cm³/mol. The van der Waals surface area contributed by atoms with E-state index in [1.165, 1.54) is 12.0 Å². The highest BCUT2D eigenvalue weighted by molar-refractivity contribution is 5.75. The maximum atomic E-state index is 11.0. The molecule has 1 saturated heterocycles. The number of hydrogen-bond acceptors (Lipinski definition) is 2. The summed E-state index contributed by atoms with van der Waals surface area (Å²) in [7, 11) is 0. The van der Waals surface area contributed by atoms with Gasteiger partial charge in [0.2, 0.25) is 0 Å². The molecule has 1 aliphatic rings. The zero-order chi connectivity index (χ0) is 11.4. The molecule has 0 N–H and O–H groups in total. The average molecular weight is 217 g/mol. The summed E-state index contributed by atoms with van der Waals surface area (Å²) in [6.07, 6.45) is 1.93. The third kappa shape index (κ3) is 3.17. The minimum absolute atomic E-state index is 0.326. The highest BCUT2D eigenvalue weighted by Crippen LogP contribution is 2.21. The Bertz CT molecular complexity index is 347. The van der Waals surface area contributed by atoms with Gasteiger partial charge in [0.1, 0.15) is 5.78 Å². The number of benzene rings is 1. The number of likely N-dealkylation sites (tertiary alicyclic amines) is 1. The number of carbonyl (C=O) groups excluding carboxylic acids is 1. The second-order valence-electron chi connectivity index (χ2n) is 4.78. The van der Waals surface area contributed by atoms with Crippen LogP contribution in [-0.4, -0.2) is 23.8 Å². The Balaban J connectivity index is 1.83. The summed E-state index contributed by atoms with van der Waals surface area (Å²) in [5, 5.41) is 0. The van der Waals surface area contributed by atoms with Crippen LogP contribution < -0.4 is 0 Å². The molecule has 0 radical (unpaired) electrons. The Kier molecular flexibility index (Phi) is 3.73. The Hall–Kier alpha value is -1.15. The number of rotatable bonds is 4. The zero-order valence-corrected chi connectivity index (χ0v) is 9.86. The van der Waals surface area contributed by atoms with Crippen molar-refractivity contribution >= 4 is 5.78 Å². The fraction of sp³-hybridized carbons (Fsp3) is 0.500. The van der Waals surface area contributed by atoms with Gasteiger partial charge in [0.05, 0.1) is 0 Å². The molecular weight excluding hydrogens is 198 g/mol. The molecule has 1 fully saturated rings. The van der Waals surface area contributed by atoms with Crippen LogP contribution in [0.15, 0.2) is 30.3 Å². The largest absolute Gasteiger partial charge is 0.300 e. The smallest absolute Gasteiger partial charge is 0.130 e. The van der Waals surface area contributed by atoms with Gasteiger partial charge in [-0.25, -0.2) is 0 Å². The minimum atomic E-state index is 0.326. The molecule has 0 unspecified atom stereocenters. The molecule has 0 aliphatic carbocycles. The first-order valence-electron chi connectivity index (χ1n) is 6.00. The molecule has 0 amide bonds. The van der Waals surface area contributed by atoms with Crippen molar-refractivity contribution in [2.24, 2.45) is 5.92 Å². The van der Waals surface area contributed by atoms with E-state index < -0.39 is 0 Å². The molecule has 0 bridgehead atoms. The van der Waals surface area contributed by atoms with Crippen LogP contribution in [0.3, 0.4) is 0 Å². The van der Waals surface area contributed by atoms with Crippen LogP contribution in [0.1, 0.15) is 25.3 Å². The van der Waals surface area contributed by atoms with Crippen molar-refractivity contribution in [2.45, 2.75) is 26.3 Å². The topological polar surface area (TPSA) is 20.3 Å². The molecule has 2 heteroatoms. The van der Waals surface area contributed by atoms with E-state index in [1.807, 2.05) is 6.07 Å².